The summed E-state index contributed by atoms with van der Waals surface area (Å²) in [5.74, 6) is 0.0314. The van der Waals surface area contributed by atoms with Crippen molar-refractivity contribution in [3.05, 3.63) is 35.4 Å². The maximum atomic E-state index is 11.6. The van der Waals surface area contributed by atoms with Crippen molar-refractivity contribution in [3.8, 4) is 0 Å². The molecule has 0 aliphatic rings. The summed E-state index contributed by atoms with van der Waals surface area (Å²) in [4.78, 5) is 11.6. The maximum Gasteiger partial charge on any atom is 0.251 e. The van der Waals surface area contributed by atoms with Crippen LogP contribution in [0.2, 0.25) is 0 Å². The highest BCUT2D eigenvalue weighted by Crippen LogP contribution is 2.07. The molecule has 1 aromatic rings. The van der Waals surface area contributed by atoms with Gasteiger partial charge < -0.3 is 5.32 Å². The van der Waals surface area contributed by atoms with Gasteiger partial charge in [0.15, 0.2) is 0 Å². The first-order valence-corrected chi connectivity index (χ1v) is 6.15. The Balaban J connectivity index is 2.53. The predicted molar refractivity (Wildman–Crippen MR) is 67.7 cm³/mol. The molecule has 0 bridgehead atoms. The van der Waals surface area contributed by atoms with Gasteiger partial charge in [0.25, 0.3) is 5.91 Å². The molecule has 0 saturated carbocycles. The first kappa shape index (κ1) is 12.8. The summed E-state index contributed by atoms with van der Waals surface area (Å²) in [7, 11) is 0. The molecule has 16 heavy (non-hydrogen) atoms. The van der Waals surface area contributed by atoms with Crippen LogP contribution in [-0.4, -0.2) is 12.5 Å². The largest absolute Gasteiger partial charge is 0.352 e. The van der Waals surface area contributed by atoms with Gasteiger partial charge in [0.2, 0.25) is 0 Å². The second kappa shape index (κ2) is 7.04. The van der Waals surface area contributed by atoms with Gasteiger partial charge in [-0.15, -0.1) is 0 Å². The van der Waals surface area contributed by atoms with Gasteiger partial charge in [-0.1, -0.05) is 32.4 Å². The van der Waals surface area contributed by atoms with Crippen molar-refractivity contribution in [3.63, 3.8) is 0 Å². The molecule has 0 fully saturated rings. The van der Waals surface area contributed by atoms with Crippen LogP contribution < -0.4 is 5.32 Å². The van der Waals surface area contributed by atoms with Crippen molar-refractivity contribution < 1.29 is 4.79 Å². The fourth-order valence-corrected chi connectivity index (χ4v) is 1.54. The zero-order chi connectivity index (χ0) is 11.8. The summed E-state index contributed by atoms with van der Waals surface area (Å²) in [6.45, 7) is 4.98. The van der Waals surface area contributed by atoms with E-state index in [1.165, 1.54) is 18.4 Å². The lowest BCUT2D eigenvalue weighted by Gasteiger charge is -2.04. The molecule has 0 radical (unpaired) electrons. The van der Waals surface area contributed by atoms with Gasteiger partial charge in [0.1, 0.15) is 0 Å². The molecule has 1 N–H and O–H groups in total. The van der Waals surface area contributed by atoms with Gasteiger partial charge in [0, 0.05) is 12.1 Å². The summed E-state index contributed by atoms with van der Waals surface area (Å²) in [6, 6.07) is 7.93. The number of carbonyl (C=O) groups is 1. The van der Waals surface area contributed by atoms with E-state index in [-0.39, 0.29) is 5.91 Å². The molecule has 1 rings (SSSR count). The topological polar surface area (TPSA) is 29.1 Å². The molecule has 0 spiro atoms. The number of amides is 1. The quantitative estimate of drug-likeness (QED) is 0.782. The Morgan fingerprint density at radius 2 is 1.81 bits per heavy atom. The van der Waals surface area contributed by atoms with Crippen LogP contribution in [-0.2, 0) is 6.42 Å². The number of carbonyl (C=O) groups excluding carboxylic acids is 1. The Bertz CT molecular complexity index is 316. The molecule has 0 aliphatic heterocycles. The van der Waals surface area contributed by atoms with E-state index in [4.69, 9.17) is 0 Å². The Morgan fingerprint density at radius 3 is 2.38 bits per heavy atom. The molecule has 0 saturated heterocycles. The molecule has 88 valence electrons. The fraction of sp³-hybridized carbons (Fsp3) is 0.500. The molecular weight excluding hydrogens is 198 g/mol. The number of hydrogen-bond donors (Lipinski definition) is 1. The van der Waals surface area contributed by atoms with Crippen molar-refractivity contribution in [2.75, 3.05) is 6.54 Å². The summed E-state index contributed by atoms with van der Waals surface area (Å²) in [5, 5.41) is 2.87. The van der Waals surface area contributed by atoms with Gasteiger partial charge in [-0.3, -0.25) is 4.79 Å². The monoisotopic (exact) mass is 219 g/mol. The number of hydrogen-bond acceptors (Lipinski definition) is 1. The number of nitrogens with one attached hydrogen (secondary N) is 1. The van der Waals surface area contributed by atoms with Gasteiger partial charge in [-0.2, -0.15) is 0 Å². The number of rotatable bonds is 6. The van der Waals surface area contributed by atoms with Crippen molar-refractivity contribution >= 4 is 5.91 Å². The Labute approximate surface area is 98.1 Å². The zero-order valence-corrected chi connectivity index (χ0v) is 10.3. The van der Waals surface area contributed by atoms with Gasteiger partial charge in [-0.05, 0) is 37.0 Å². The van der Waals surface area contributed by atoms with Crippen LogP contribution in [0.25, 0.3) is 0 Å². The van der Waals surface area contributed by atoms with Crippen molar-refractivity contribution in [2.45, 2.75) is 39.5 Å². The first-order chi connectivity index (χ1) is 7.77. The molecule has 1 aromatic carbocycles. The van der Waals surface area contributed by atoms with E-state index in [9.17, 15) is 4.79 Å². The number of unbranched alkanes of at least 4 members (excludes halogenated alkanes) is 1. The standard InChI is InChI=1S/C14H21NO/c1-3-5-6-12-7-9-13(10-8-12)14(16)15-11-4-2/h7-10H,3-6,11H2,1-2H3,(H,15,16). The zero-order valence-electron chi connectivity index (χ0n) is 10.3. The average molecular weight is 219 g/mol. The summed E-state index contributed by atoms with van der Waals surface area (Å²) in [5.41, 5.74) is 2.07. The second-order valence-corrected chi connectivity index (χ2v) is 4.06. The maximum absolute atomic E-state index is 11.6. The molecule has 0 heterocycles. The molecule has 2 heteroatoms. The number of aryl methyl sites for hydroxylation is 1. The van der Waals surface area contributed by atoms with Crippen LogP contribution in [0.1, 0.15) is 49.0 Å². The summed E-state index contributed by atoms with van der Waals surface area (Å²) < 4.78 is 0. The van der Waals surface area contributed by atoms with E-state index < -0.39 is 0 Å². The van der Waals surface area contributed by atoms with Crippen LogP contribution in [0.5, 0.6) is 0 Å². The molecule has 0 aliphatic carbocycles. The minimum atomic E-state index is 0.0314. The van der Waals surface area contributed by atoms with E-state index in [2.05, 4.69) is 24.4 Å². The van der Waals surface area contributed by atoms with Gasteiger partial charge in [-0.25, -0.2) is 0 Å². The van der Waals surface area contributed by atoms with Crippen molar-refractivity contribution in [1.82, 2.24) is 5.32 Å². The molecule has 0 aromatic heterocycles. The van der Waals surface area contributed by atoms with E-state index in [0.29, 0.717) is 0 Å². The predicted octanol–water partition coefficient (Wildman–Crippen LogP) is 3.17. The molecule has 1 amide bonds. The molecule has 0 atom stereocenters. The van der Waals surface area contributed by atoms with E-state index in [0.717, 1.165) is 24.9 Å². The van der Waals surface area contributed by atoms with Crippen LogP contribution in [0.3, 0.4) is 0 Å². The van der Waals surface area contributed by atoms with Crippen molar-refractivity contribution in [2.24, 2.45) is 0 Å². The minimum Gasteiger partial charge on any atom is -0.352 e. The first-order valence-electron chi connectivity index (χ1n) is 6.15. The third-order valence-electron chi connectivity index (χ3n) is 2.57. The highest BCUT2D eigenvalue weighted by molar-refractivity contribution is 5.94. The summed E-state index contributed by atoms with van der Waals surface area (Å²) >= 11 is 0. The number of benzene rings is 1. The molecule has 0 unspecified atom stereocenters. The van der Waals surface area contributed by atoms with Crippen LogP contribution >= 0.6 is 0 Å². The van der Waals surface area contributed by atoms with Gasteiger partial charge >= 0.3 is 0 Å². The smallest absolute Gasteiger partial charge is 0.251 e. The lowest BCUT2D eigenvalue weighted by molar-refractivity contribution is 0.0953. The minimum absolute atomic E-state index is 0.0314. The second-order valence-electron chi connectivity index (χ2n) is 4.06. The Kier molecular flexibility index (Phi) is 5.62. The molecular formula is C14H21NO. The van der Waals surface area contributed by atoms with Crippen molar-refractivity contribution in [1.29, 1.82) is 0 Å². The normalized spacial score (nSPS) is 10.1. The van der Waals surface area contributed by atoms with E-state index in [1.807, 2.05) is 19.1 Å². The Morgan fingerprint density at radius 1 is 1.12 bits per heavy atom. The highest BCUT2D eigenvalue weighted by Gasteiger charge is 2.03. The van der Waals surface area contributed by atoms with E-state index >= 15 is 0 Å². The van der Waals surface area contributed by atoms with E-state index in [1.54, 1.807) is 0 Å². The average Bonchev–Trinajstić information content (AvgIpc) is 2.34. The third kappa shape index (κ3) is 4.05. The molecule has 2 nitrogen and oxygen atoms in total. The lowest BCUT2D eigenvalue weighted by atomic mass is 10.1. The third-order valence-corrected chi connectivity index (χ3v) is 2.57. The van der Waals surface area contributed by atoms with Gasteiger partial charge in [0.05, 0.1) is 0 Å². The highest BCUT2D eigenvalue weighted by atomic mass is 16.1. The van der Waals surface area contributed by atoms with Crippen LogP contribution in [0, 0.1) is 0 Å². The van der Waals surface area contributed by atoms with Crippen LogP contribution in [0.15, 0.2) is 24.3 Å². The lowest BCUT2D eigenvalue weighted by Crippen LogP contribution is -2.23. The fourth-order valence-electron chi connectivity index (χ4n) is 1.54. The SMILES string of the molecule is CCCCc1ccc(C(=O)NCCC)cc1. The summed E-state index contributed by atoms with van der Waals surface area (Å²) in [6.07, 6.45) is 4.49. The van der Waals surface area contributed by atoms with Crippen LogP contribution in [0.4, 0.5) is 0 Å². The Hall–Kier alpha value is -1.31.